The third kappa shape index (κ3) is 4.65. The molecule has 0 radical (unpaired) electrons. The largest absolute Gasteiger partial charge is 0.493 e. The first-order chi connectivity index (χ1) is 12.0. The van der Waals surface area contributed by atoms with E-state index >= 15 is 0 Å². The molecule has 0 bridgehead atoms. The second-order valence-electron chi connectivity index (χ2n) is 6.32. The maximum atomic E-state index is 12.9. The molecule has 2 amide bonds. The Bertz CT molecular complexity index is 609. The average molecular weight is 348 g/mol. The van der Waals surface area contributed by atoms with Crippen LogP contribution < -0.4 is 9.47 Å². The zero-order valence-electron chi connectivity index (χ0n) is 15.6. The Balaban J connectivity index is 2.02. The molecule has 25 heavy (non-hydrogen) atoms. The maximum absolute atomic E-state index is 12.9. The van der Waals surface area contributed by atoms with Crippen LogP contribution in [0.4, 0.5) is 0 Å². The predicted molar refractivity (Wildman–Crippen MR) is 95.6 cm³/mol. The minimum atomic E-state index is -0.00399. The summed E-state index contributed by atoms with van der Waals surface area (Å²) >= 11 is 0. The molecule has 1 aliphatic heterocycles. The van der Waals surface area contributed by atoms with Gasteiger partial charge in [0, 0.05) is 39.0 Å². The number of carbonyl (C=O) groups excluding carboxylic acids is 2. The third-order valence-corrected chi connectivity index (χ3v) is 4.80. The molecule has 1 aliphatic rings. The summed E-state index contributed by atoms with van der Waals surface area (Å²) in [6.07, 6.45) is 1.47. The molecule has 1 aromatic rings. The second kappa shape index (κ2) is 8.74. The van der Waals surface area contributed by atoms with E-state index in [9.17, 15) is 9.59 Å². The molecule has 1 aromatic carbocycles. The first-order valence-corrected chi connectivity index (χ1v) is 8.75. The van der Waals surface area contributed by atoms with Crippen molar-refractivity contribution in [2.75, 3.05) is 33.9 Å². The van der Waals surface area contributed by atoms with Gasteiger partial charge in [-0.1, -0.05) is 6.07 Å². The molecular formula is C19H28N2O4. The van der Waals surface area contributed by atoms with Gasteiger partial charge in [-0.2, -0.15) is 0 Å². The lowest BCUT2D eigenvalue weighted by atomic mass is 9.95. The van der Waals surface area contributed by atoms with Crippen LogP contribution in [0.3, 0.4) is 0 Å². The van der Waals surface area contributed by atoms with Crippen LogP contribution >= 0.6 is 0 Å². The fourth-order valence-corrected chi connectivity index (χ4v) is 3.24. The molecule has 0 saturated carbocycles. The Morgan fingerprint density at radius 1 is 1.16 bits per heavy atom. The summed E-state index contributed by atoms with van der Waals surface area (Å²) < 4.78 is 10.6. The molecule has 0 atom stereocenters. The lowest BCUT2D eigenvalue weighted by Crippen LogP contribution is -2.43. The van der Waals surface area contributed by atoms with E-state index in [-0.39, 0.29) is 17.7 Å². The van der Waals surface area contributed by atoms with E-state index in [2.05, 4.69) is 0 Å². The van der Waals surface area contributed by atoms with Gasteiger partial charge in [0.05, 0.1) is 14.2 Å². The summed E-state index contributed by atoms with van der Waals surface area (Å²) in [5.74, 6) is 1.59. The Morgan fingerprint density at radius 2 is 1.80 bits per heavy atom. The van der Waals surface area contributed by atoms with Crippen molar-refractivity contribution in [3.05, 3.63) is 23.8 Å². The van der Waals surface area contributed by atoms with Gasteiger partial charge in [-0.3, -0.25) is 9.59 Å². The number of benzene rings is 1. The lowest BCUT2D eigenvalue weighted by Gasteiger charge is -2.33. The van der Waals surface area contributed by atoms with Crippen LogP contribution in [-0.2, 0) is 16.1 Å². The maximum Gasteiger partial charge on any atom is 0.226 e. The van der Waals surface area contributed by atoms with E-state index in [0.29, 0.717) is 37.7 Å². The molecule has 0 aliphatic carbocycles. The Kier molecular flexibility index (Phi) is 6.67. The topological polar surface area (TPSA) is 59.1 Å². The number of rotatable bonds is 6. The van der Waals surface area contributed by atoms with E-state index in [1.165, 1.54) is 0 Å². The zero-order valence-corrected chi connectivity index (χ0v) is 15.6. The van der Waals surface area contributed by atoms with Crippen molar-refractivity contribution < 1.29 is 19.1 Å². The summed E-state index contributed by atoms with van der Waals surface area (Å²) in [7, 11) is 3.21. The first kappa shape index (κ1) is 19.1. The van der Waals surface area contributed by atoms with Gasteiger partial charge in [0.2, 0.25) is 11.8 Å². The highest BCUT2D eigenvalue weighted by Crippen LogP contribution is 2.28. The minimum absolute atomic E-state index is 0.00399. The van der Waals surface area contributed by atoms with Crippen LogP contribution in [0.15, 0.2) is 18.2 Å². The van der Waals surface area contributed by atoms with Gasteiger partial charge >= 0.3 is 0 Å². The van der Waals surface area contributed by atoms with Crippen LogP contribution in [0.5, 0.6) is 11.5 Å². The van der Waals surface area contributed by atoms with Crippen molar-refractivity contribution in [3.8, 4) is 11.5 Å². The lowest BCUT2D eigenvalue weighted by molar-refractivity contribution is -0.140. The van der Waals surface area contributed by atoms with Gasteiger partial charge < -0.3 is 19.3 Å². The summed E-state index contributed by atoms with van der Waals surface area (Å²) in [5.41, 5.74) is 1.01. The summed E-state index contributed by atoms with van der Waals surface area (Å²) in [6, 6.07) is 5.72. The van der Waals surface area contributed by atoms with Crippen LogP contribution in [0.2, 0.25) is 0 Å². The normalized spacial score (nSPS) is 15.0. The van der Waals surface area contributed by atoms with Crippen LogP contribution in [0, 0.1) is 5.92 Å². The summed E-state index contributed by atoms with van der Waals surface area (Å²) in [5, 5.41) is 0. The van der Waals surface area contributed by atoms with Crippen molar-refractivity contribution >= 4 is 11.8 Å². The van der Waals surface area contributed by atoms with Gasteiger partial charge in [0.25, 0.3) is 0 Å². The predicted octanol–water partition coefficient (Wildman–Crippen LogP) is 2.31. The van der Waals surface area contributed by atoms with Crippen molar-refractivity contribution in [2.45, 2.75) is 33.2 Å². The molecule has 138 valence electrons. The molecule has 1 heterocycles. The average Bonchev–Trinajstić information content (AvgIpc) is 2.65. The highest BCUT2D eigenvalue weighted by molar-refractivity contribution is 5.79. The second-order valence-corrected chi connectivity index (χ2v) is 6.32. The molecule has 0 N–H and O–H groups in total. The fourth-order valence-electron chi connectivity index (χ4n) is 3.24. The van der Waals surface area contributed by atoms with Crippen molar-refractivity contribution in [1.82, 2.24) is 9.80 Å². The number of amides is 2. The van der Waals surface area contributed by atoms with Crippen LogP contribution in [0.1, 0.15) is 32.3 Å². The SMILES string of the molecule is CCN(Cc1ccc(OC)c(OC)c1)C(=O)C1CCN(C(C)=O)CC1. The van der Waals surface area contributed by atoms with Crippen LogP contribution in [0.25, 0.3) is 0 Å². The summed E-state index contributed by atoms with van der Waals surface area (Å²) in [6.45, 7) is 6.10. The zero-order chi connectivity index (χ0) is 18.4. The number of likely N-dealkylation sites (tertiary alicyclic amines) is 1. The Hall–Kier alpha value is -2.24. The molecule has 0 unspecified atom stereocenters. The summed E-state index contributed by atoms with van der Waals surface area (Å²) in [4.78, 5) is 28.0. The number of ether oxygens (including phenoxy) is 2. The van der Waals surface area contributed by atoms with E-state index < -0.39 is 0 Å². The van der Waals surface area contributed by atoms with Gasteiger partial charge in [-0.15, -0.1) is 0 Å². The fraction of sp³-hybridized carbons (Fsp3) is 0.579. The van der Waals surface area contributed by atoms with Crippen molar-refractivity contribution in [2.24, 2.45) is 5.92 Å². The highest BCUT2D eigenvalue weighted by atomic mass is 16.5. The van der Waals surface area contributed by atoms with Gasteiger partial charge in [-0.25, -0.2) is 0 Å². The van der Waals surface area contributed by atoms with Crippen LogP contribution in [-0.4, -0.2) is 55.5 Å². The molecular weight excluding hydrogens is 320 g/mol. The Labute approximate surface area is 149 Å². The number of hydrogen-bond donors (Lipinski definition) is 0. The standard InChI is InChI=1S/C19H28N2O4/c1-5-20(13-15-6-7-17(24-3)18(12-15)25-4)19(23)16-8-10-21(11-9-16)14(2)22/h6-7,12,16H,5,8-11,13H2,1-4H3. The minimum Gasteiger partial charge on any atom is -0.493 e. The molecule has 6 nitrogen and oxygen atoms in total. The number of hydrogen-bond acceptors (Lipinski definition) is 4. The number of carbonyl (C=O) groups is 2. The molecule has 1 fully saturated rings. The van der Waals surface area contributed by atoms with Crippen molar-refractivity contribution in [1.29, 1.82) is 0 Å². The van der Waals surface area contributed by atoms with Gasteiger partial charge in [-0.05, 0) is 37.5 Å². The molecule has 6 heteroatoms. The van der Waals surface area contributed by atoms with E-state index in [4.69, 9.17) is 9.47 Å². The molecule has 0 spiro atoms. The van der Waals surface area contributed by atoms with E-state index in [1.807, 2.05) is 34.9 Å². The highest BCUT2D eigenvalue weighted by Gasteiger charge is 2.28. The van der Waals surface area contributed by atoms with E-state index in [0.717, 1.165) is 18.4 Å². The van der Waals surface area contributed by atoms with Crippen molar-refractivity contribution in [3.63, 3.8) is 0 Å². The molecule has 1 saturated heterocycles. The van der Waals surface area contributed by atoms with E-state index in [1.54, 1.807) is 21.1 Å². The monoisotopic (exact) mass is 348 g/mol. The molecule has 0 aromatic heterocycles. The first-order valence-electron chi connectivity index (χ1n) is 8.75. The Morgan fingerprint density at radius 3 is 2.32 bits per heavy atom. The van der Waals surface area contributed by atoms with Gasteiger partial charge in [0.15, 0.2) is 11.5 Å². The molecule has 2 rings (SSSR count). The number of nitrogens with zero attached hydrogens (tertiary/aromatic N) is 2. The smallest absolute Gasteiger partial charge is 0.226 e. The number of piperidine rings is 1. The number of methoxy groups -OCH3 is 2. The quantitative estimate of drug-likeness (QED) is 0.792. The third-order valence-electron chi connectivity index (χ3n) is 4.80. The van der Waals surface area contributed by atoms with Gasteiger partial charge in [0.1, 0.15) is 0 Å².